The third kappa shape index (κ3) is 4.70. The van der Waals surface area contributed by atoms with Crippen molar-refractivity contribution >= 4 is 29.1 Å². The number of aromatic hydroxyl groups is 1. The number of nitrogens with one attached hydrogen (secondary N) is 3. The van der Waals surface area contributed by atoms with Crippen LogP contribution < -0.4 is 21.7 Å². The molecule has 4 N–H and O–H groups in total. The molecule has 6 rings (SSSR count). The highest BCUT2D eigenvalue weighted by Gasteiger charge is 2.20. The number of hydrogen-bond donors (Lipinski definition) is 4. The van der Waals surface area contributed by atoms with E-state index in [1.165, 1.54) is 12.1 Å². The number of aromatic amines is 2. The molecule has 3 aromatic heterocycles. The van der Waals surface area contributed by atoms with E-state index in [0.29, 0.717) is 32.8 Å². The van der Waals surface area contributed by atoms with Crippen LogP contribution >= 0.6 is 11.6 Å². The summed E-state index contributed by atoms with van der Waals surface area (Å²) in [4.78, 5) is 25.8. The zero-order valence-electron chi connectivity index (χ0n) is 19.4. The minimum Gasteiger partial charge on any atom is -0.493 e. The van der Waals surface area contributed by atoms with Crippen LogP contribution in [0.1, 0.15) is 24.1 Å². The second-order valence-electron chi connectivity index (χ2n) is 8.82. The van der Waals surface area contributed by atoms with Gasteiger partial charge in [-0.15, -0.1) is 0 Å². The van der Waals surface area contributed by atoms with E-state index in [-0.39, 0.29) is 30.0 Å². The van der Waals surface area contributed by atoms with Crippen LogP contribution in [-0.2, 0) is 6.54 Å². The van der Waals surface area contributed by atoms with Gasteiger partial charge in [-0.2, -0.15) is 9.61 Å². The molecule has 1 aliphatic rings. The molecule has 0 spiro atoms. The van der Waals surface area contributed by atoms with Gasteiger partial charge in [0.1, 0.15) is 17.3 Å². The molecule has 0 amide bonds. The number of fused-ring (bicyclic) bond motifs is 1. The van der Waals surface area contributed by atoms with Gasteiger partial charge in [-0.3, -0.25) is 9.98 Å². The van der Waals surface area contributed by atoms with Crippen molar-refractivity contribution < 1.29 is 9.50 Å². The fourth-order valence-electron chi connectivity index (χ4n) is 4.12. The topological polar surface area (TPSA) is 123 Å². The molecule has 11 heteroatoms. The summed E-state index contributed by atoms with van der Waals surface area (Å²) in [5.41, 5.74) is 3.12. The first-order chi connectivity index (χ1) is 17.9. The second-order valence-corrected chi connectivity index (χ2v) is 9.22. The van der Waals surface area contributed by atoms with Crippen LogP contribution in [0.25, 0.3) is 22.9 Å². The average molecular weight is 518 g/mol. The quantitative estimate of drug-likeness (QED) is 0.275. The van der Waals surface area contributed by atoms with Crippen molar-refractivity contribution in [3.8, 4) is 17.0 Å². The molecule has 1 fully saturated rings. The number of H-pyrrole nitrogens is 2. The molecule has 1 saturated carbocycles. The Morgan fingerprint density at radius 3 is 2.78 bits per heavy atom. The Kier molecular flexibility index (Phi) is 5.72. The summed E-state index contributed by atoms with van der Waals surface area (Å²) in [6.07, 6.45) is 5.19. The van der Waals surface area contributed by atoms with Gasteiger partial charge in [0.25, 0.3) is 0 Å². The highest BCUT2D eigenvalue weighted by molar-refractivity contribution is 6.33. The van der Waals surface area contributed by atoms with Crippen LogP contribution in [0.2, 0.25) is 5.02 Å². The first-order valence-electron chi connectivity index (χ1n) is 11.7. The van der Waals surface area contributed by atoms with Gasteiger partial charge in [-0.05, 0) is 48.2 Å². The van der Waals surface area contributed by atoms with Crippen LogP contribution in [-0.4, -0.2) is 35.7 Å². The van der Waals surface area contributed by atoms with E-state index in [2.05, 4.69) is 20.4 Å². The largest absolute Gasteiger partial charge is 0.493 e. The van der Waals surface area contributed by atoms with Crippen molar-refractivity contribution in [3.05, 3.63) is 98.0 Å². The molecule has 0 aliphatic heterocycles. The van der Waals surface area contributed by atoms with E-state index in [0.717, 1.165) is 24.0 Å². The van der Waals surface area contributed by atoms with Gasteiger partial charge >= 0.3 is 5.69 Å². The number of imidazole rings is 1. The van der Waals surface area contributed by atoms with Gasteiger partial charge in [-0.1, -0.05) is 35.9 Å². The Balaban J connectivity index is 1.42. The van der Waals surface area contributed by atoms with Crippen molar-refractivity contribution in [2.45, 2.75) is 25.4 Å². The minimum atomic E-state index is -0.524. The van der Waals surface area contributed by atoms with Crippen molar-refractivity contribution in [2.24, 2.45) is 4.99 Å². The maximum absolute atomic E-state index is 14.2. The molecule has 9 nitrogen and oxygen atoms in total. The van der Waals surface area contributed by atoms with Gasteiger partial charge < -0.3 is 15.4 Å². The molecule has 2 aromatic carbocycles. The molecule has 0 saturated heterocycles. The summed E-state index contributed by atoms with van der Waals surface area (Å²) in [6, 6.07) is 14.1. The second kappa shape index (κ2) is 9.21. The molecule has 0 unspecified atom stereocenters. The molecule has 3 heterocycles. The molecule has 0 atom stereocenters. The summed E-state index contributed by atoms with van der Waals surface area (Å²) >= 11 is 6.42. The molecule has 0 radical (unpaired) electrons. The lowest BCUT2D eigenvalue weighted by atomic mass is 9.99. The lowest BCUT2D eigenvalue weighted by Gasteiger charge is -2.13. The van der Waals surface area contributed by atoms with Crippen LogP contribution in [0.5, 0.6) is 5.88 Å². The van der Waals surface area contributed by atoms with E-state index < -0.39 is 5.69 Å². The van der Waals surface area contributed by atoms with Crippen LogP contribution in [0.3, 0.4) is 0 Å². The lowest BCUT2D eigenvalue weighted by Crippen LogP contribution is -2.20. The number of anilines is 1. The van der Waals surface area contributed by atoms with E-state index in [9.17, 15) is 14.3 Å². The molecule has 37 heavy (non-hydrogen) atoms. The maximum atomic E-state index is 14.2. The van der Waals surface area contributed by atoms with Gasteiger partial charge in [0, 0.05) is 28.4 Å². The molecule has 1 aliphatic carbocycles. The first-order valence-corrected chi connectivity index (χ1v) is 12.1. The SMILES string of the molecule is O=c1[nH]c(O)c(/C=c2/cnn3c(=NC4CC4)cc(NCc4cc(F)ccc4-c4ccccc4Cl)nc23)[nH]1. The Morgan fingerprint density at radius 1 is 1.19 bits per heavy atom. The third-order valence-corrected chi connectivity index (χ3v) is 6.40. The van der Waals surface area contributed by atoms with Crippen LogP contribution in [0.15, 0.2) is 64.5 Å². The molecule has 0 bridgehead atoms. The van der Waals surface area contributed by atoms with Crippen LogP contribution in [0, 0.1) is 5.82 Å². The average Bonchev–Trinajstić information content (AvgIpc) is 3.51. The standard InChI is InChI=1S/C26H21ClFN7O2/c27-20-4-2-1-3-19(20)18-8-5-16(28)9-14(18)12-29-22-11-23(31-17-6-7-17)35-24(33-22)15(13-30-35)10-21-25(36)34-26(37)32-21/h1-5,8-11,13,17,29,36H,6-7,12H2,(H2,32,34,37)/b15-10-,31-23?. The number of aromatic nitrogens is 5. The van der Waals surface area contributed by atoms with E-state index in [1.54, 1.807) is 35.0 Å². The van der Waals surface area contributed by atoms with E-state index in [4.69, 9.17) is 21.6 Å². The smallest absolute Gasteiger partial charge is 0.326 e. The van der Waals surface area contributed by atoms with Crippen molar-refractivity contribution in [3.63, 3.8) is 0 Å². The Hall–Kier alpha value is -4.44. The number of halogens is 2. The summed E-state index contributed by atoms with van der Waals surface area (Å²) in [5.74, 6) is -0.114. The fourth-order valence-corrected chi connectivity index (χ4v) is 4.36. The van der Waals surface area contributed by atoms with Gasteiger partial charge in [0.15, 0.2) is 11.1 Å². The summed E-state index contributed by atoms with van der Waals surface area (Å²) in [6.45, 7) is 0.281. The van der Waals surface area contributed by atoms with Crippen LogP contribution in [0.4, 0.5) is 10.2 Å². The molecule has 186 valence electrons. The highest BCUT2D eigenvalue weighted by atomic mass is 35.5. The summed E-state index contributed by atoms with van der Waals surface area (Å²) in [5, 5.41) is 18.8. The summed E-state index contributed by atoms with van der Waals surface area (Å²) < 4.78 is 15.8. The Bertz CT molecular complexity index is 1820. The van der Waals surface area contributed by atoms with Crippen molar-refractivity contribution in [1.82, 2.24) is 24.6 Å². The number of benzene rings is 2. The van der Waals surface area contributed by atoms with Crippen molar-refractivity contribution in [1.29, 1.82) is 0 Å². The monoisotopic (exact) mass is 517 g/mol. The van der Waals surface area contributed by atoms with Crippen molar-refractivity contribution in [2.75, 3.05) is 5.32 Å². The van der Waals surface area contributed by atoms with E-state index >= 15 is 0 Å². The lowest BCUT2D eigenvalue weighted by molar-refractivity contribution is 0.454. The minimum absolute atomic E-state index is 0.213. The molecular formula is C26H21ClFN7O2. The maximum Gasteiger partial charge on any atom is 0.326 e. The zero-order valence-corrected chi connectivity index (χ0v) is 20.1. The predicted octanol–water partition coefficient (Wildman–Crippen LogP) is 3.13. The first kappa shape index (κ1) is 23.0. The number of hydrogen-bond acceptors (Lipinski definition) is 6. The van der Waals surface area contributed by atoms with Gasteiger partial charge in [-0.25, -0.2) is 14.2 Å². The highest BCUT2D eigenvalue weighted by Crippen LogP contribution is 2.31. The predicted molar refractivity (Wildman–Crippen MR) is 138 cm³/mol. The van der Waals surface area contributed by atoms with Gasteiger partial charge in [0.2, 0.25) is 5.88 Å². The summed E-state index contributed by atoms with van der Waals surface area (Å²) in [7, 11) is 0. The fraction of sp³-hybridized carbons (Fsp3) is 0.154. The Labute approximate surface area is 214 Å². The third-order valence-electron chi connectivity index (χ3n) is 6.07. The molecule has 5 aromatic rings. The number of rotatable bonds is 6. The van der Waals surface area contributed by atoms with Gasteiger partial charge in [0.05, 0.1) is 12.2 Å². The normalized spacial score (nSPS) is 14.5. The zero-order chi connectivity index (χ0) is 25.5. The Morgan fingerprint density at radius 2 is 2.03 bits per heavy atom. The number of nitrogens with zero attached hydrogens (tertiary/aromatic N) is 4. The molecular weight excluding hydrogens is 497 g/mol. The van der Waals surface area contributed by atoms with E-state index in [1.807, 2.05) is 18.2 Å².